The van der Waals surface area contributed by atoms with Crippen LogP contribution in [0.3, 0.4) is 0 Å². The Balaban J connectivity index is 2.59. The Kier molecular flexibility index (Phi) is 3.80. The number of aliphatic hydroxyl groups is 1. The van der Waals surface area contributed by atoms with Gasteiger partial charge in [-0.05, 0) is 47.0 Å². The van der Waals surface area contributed by atoms with E-state index in [1.54, 1.807) is 0 Å². The summed E-state index contributed by atoms with van der Waals surface area (Å²) < 4.78 is 5.63. The van der Waals surface area contributed by atoms with E-state index in [2.05, 4.69) is 33.0 Å². The van der Waals surface area contributed by atoms with Gasteiger partial charge in [-0.1, -0.05) is 6.92 Å². The van der Waals surface area contributed by atoms with Gasteiger partial charge in [-0.25, -0.2) is 0 Å². The second-order valence-electron chi connectivity index (χ2n) is 5.92. The third kappa shape index (κ3) is 4.09. The van der Waals surface area contributed by atoms with Crippen LogP contribution in [0.1, 0.15) is 53.9 Å². The first-order chi connectivity index (χ1) is 6.74. The maximum Gasteiger partial charge on any atom is 0.154 e. The number of hydrogen-bond acceptors (Lipinski definition) is 3. The molecule has 0 saturated carbocycles. The molecule has 0 aromatic heterocycles. The smallest absolute Gasteiger partial charge is 0.154 e. The quantitative estimate of drug-likeness (QED) is 0.708. The largest absolute Gasteiger partial charge is 0.368 e. The molecular weight excluding hydrogens is 190 g/mol. The molecule has 0 amide bonds. The number of piperidine rings is 1. The van der Waals surface area contributed by atoms with Crippen molar-refractivity contribution in [1.82, 2.24) is 5.32 Å². The fourth-order valence-corrected chi connectivity index (χ4v) is 2.64. The topological polar surface area (TPSA) is 41.5 Å². The Morgan fingerprint density at radius 3 is 2.13 bits per heavy atom. The summed E-state index contributed by atoms with van der Waals surface area (Å²) >= 11 is 0. The van der Waals surface area contributed by atoms with Gasteiger partial charge < -0.3 is 15.2 Å². The lowest BCUT2D eigenvalue weighted by Gasteiger charge is -2.46. The normalized spacial score (nSPS) is 27.6. The summed E-state index contributed by atoms with van der Waals surface area (Å²) in [6, 6.07) is 0. The summed E-state index contributed by atoms with van der Waals surface area (Å²) in [5, 5.41) is 13.1. The van der Waals surface area contributed by atoms with Gasteiger partial charge in [0.2, 0.25) is 0 Å². The van der Waals surface area contributed by atoms with Crippen molar-refractivity contribution in [3.05, 3.63) is 0 Å². The van der Waals surface area contributed by atoms with Gasteiger partial charge in [0, 0.05) is 11.1 Å². The van der Waals surface area contributed by atoms with E-state index in [0.717, 1.165) is 12.8 Å². The molecule has 1 fully saturated rings. The molecule has 0 radical (unpaired) electrons. The van der Waals surface area contributed by atoms with E-state index in [9.17, 15) is 5.11 Å². The van der Waals surface area contributed by atoms with Gasteiger partial charge in [0.15, 0.2) is 6.29 Å². The minimum Gasteiger partial charge on any atom is -0.368 e. The number of ether oxygens (including phenoxy) is 1. The van der Waals surface area contributed by atoms with Crippen LogP contribution in [0.25, 0.3) is 0 Å². The lowest BCUT2D eigenvalue weighted by atomic mass is 9.81. The van der Waals surface area contributed by atoms with Gasteiger partial charge >= 0.3 is 0 Å². The summed E-state index contributed by atoms with van der Waals surface area (Å²) in [6.07, 6.45) is 2.11. The molecular formula is C12H25NO2. The first-order valence-electron chi connectivity index (χ1n) is 5.87. The predicted molar refractivity (Wildman–Crippen MR) is 61.7 cm³/mol. The van der Waals surface area contributed by atoms with Gasteiger partial charge in [-0.15, -0.1) is 0 Å². The second-order valence-corrected chi connectivity index (χ2v) is 5.92. The molecule has 3 nitrogen and oxygen atoms in total. The van der Waals surface area contributed by atoms with Crippen LogP contribution in [0, 0.1) is 0 Å². The standard InChI is InChI=1S/C12H25NO2/c1-6-10(14)15-9-7-11(2,3)13-12(4,5)8-9/h9-10,13-14H,6-8H2,1-5H3. The number of hydrogen-bond donors (Lipinski definition) is 2. The Bertz CT molecular complexity index is 198. The Morgan fingerprint density at radius 2 is 1.73 bits per heavy atom. The third-order valence-corrected chi connectivity index (χ3v) is 2.85. The molecule has 0 spiro atoms. The highest BCUT2D eigenvalue weighted by Gasteiger charge is 2.38. The van der Waals surface area contributed by atoms with Crippen molar-refractivity contribution < 1.29 is 9.84 Å². The van der Waals surface area contributed by atoms with Gasteiger partial charge in [-0.2, -0.15) is 0 Å². The monoisotopic (exact) mass is 215 g/mol. The van der Waals surface area contributed by atoms with Crippen LogP contribution in [-0.4, -0.2) is 28.6 Å². The lowest BCUT2D eigenvalue weighted by Crippen LogP contribution is -2.59. The highest BCUT2D eigenvalue weighted by molar-refractivity contribution is 4.97. The average Bonchev–Trinajstić information content (AvgIpc) is 1.97. The first-order valence-corrected chi connectivity index (χ1v) is 5.87. The molecule has 0 bridgehead atoms. The lowest BCUT2D eigenvalue weighted by molar-refractivity contribution is -0.158. The van der Waals surface area contributed by atoms with E-state index in [0.29, 0.717) is 6.42 Å². The Morgan fingerprint density at radius 1 is 1.27 bits per heavy atom. The number of aliphatic hydroxyl groups excluding tert-OH is 1. The zero-order valence-corrected chi connectivity index (χ0v) is 10.6. The third-order valence-electron chi connectivity index (χ3n) is 2.85. The molecule has 0 aromatic carbocycles. The summed E-state index contributed by atoms with van der Waals surface area (Å²) in [5.41, 5.74) is 0.166. The molecule has 1 heterocycles. The molecule has 1 atom stereocenters. The van der Waals surface area contributed by atoms with Crippen LogP contribution >= 0.6 is 0 Å². The van der Waals surface area contributed by atoms with Crippen LogP contribution in [0.15, 0.2) is 0 Å². The van der Waals surface area contributed by atoms with Crippen LogP contribution < -0.4 is 5.32 Å². The Hall–Kier alpha value is -0.120. The Labute approximate surface area is 93.2 Å². The second kappa shape index (κ2) is 4.40. The van der Waals surface area contributed by atoms with Crippen LogP contribution in [0.2, 0.25) is 0 Å². The van der Waals surface area contributed by atoms with Gasteiger partial charge in [0.25, 0.3) is 0 Å². The zero-order chi connectivity index (χ0) is 11.7. The minimum absolute atomic E-state index is 0.0832. The SMILES string of the molecule is CCC(O)OC1CC(C)(C)NC(C)(C)C1. The summed E-state index contributed by atoms with van der Waals surface area (Å²) in [7, 11) is 0. The van der Waals surface area contributed by atoms with Gasteiger partial charge in [0.05, 0.1) is 6.10 Å². The van der Waals surface area contributed by atoms with Crippen molar-refractivity contribution in [2.24, 2.45) is 0 Å². The van der Waals surface area contributed by atoms with Crippen LogP contribution in [0.5, 0.6) is 0 Å². The van der Waals surface area contributed by atoms with Crippen molar-refractivity contribution in [3.8, 4) is 0 Å². The van der Waals surface area contributed by atoms with Crippen LogP contribution in [-0.2, 0) is 4.74 Å². The van der Waals surface area contributed by atoms with Crippen molar-refractivity contribution in [3.63, 3.8) is 0 Å². The van der Waals surface area contributed by atoms with E-state index >= 15 is 0 Å². The maximum absolute atomic E-state index is 9.51. The first kappa shape index (κ1) is 12.9. The minimum atomic E-state index is -0.611. The molecule has 2 N–H and O–H groups in total. The molecule has 1 aliphatic rings. The average molecular weight is 215 g/mol. The molecule has 0 aliphatic carbocycles. The van der Waals surface area contributed by atoms with Gasteiger partial charge in [0.1, 0.15) is 0 Å². The maximum atomic E-state index is 9.51. The predicted octanol–water partition coefficient (Wildman–Crippen LogP) is 2.04. The summed E-state index contributed by atoms with van der Waals surface area (Å²) in [6.45, 7) is 10.7. The highest BCUT2D eigenvalue weighted by Crippen LogP contribution is 2.30. The molecule has 1 saturated heterocycles. The highest BCUT2D eigenvalue weighted by atomic mass is 16.6. The van der Waals surface area contributed by atoms with E-state index in [1.807, 2.05) is 6.92 Å². The van der Waals surface area contributed by atoms with E-state index in [1.165, 1.54) is 0 Å². The number of rotatable bonds is 3. The molecule has 15 heavy (non-hydrogen) atoms. The van der Waals surface area contributed by atoms with Crippen molar-refractivity contribution >= 4 is 0 Å². The van der Waals surface area contributed by atoms with Crippen molar-refractivity contribution in [2.45, 2.75) is 77.4 Å². The zero-order valence-electron chi connectivity index (χ0n) is 10.6. The molecule has 1 rings (SSSR count). The number of nitrogens with one attached hydrogen (secondary N) is 1. The molecule has 90 valence electrons. The van der Waals surface area contributed by atoms with Crippen molar-refractivity contribution in [1.29, 1.82) is 0 Å². The van der Waals surface area contributed by atoms with Crippen LogP contribution in [0.4, 0.5) is 0 Å². The fourth-order valence-electron chi connectivity index (χ4n) is 2.64. The van der Waals surface area contributed by atoms with Gasteiger partial charge in [-0.3, -0.25) is 0 Å². The molecule has 1 unspecified atom stereocenters. The van der Waals surface area contributed by atoms with Crippen molar-refractivity contribution in [2.75, 3.05) is 0 Å². The summed E-state index contributed by atoms with van der Waals surface area (Å²) in [5.74, 6) is 0. The fraction of sp³-hybridized carbons (Fsp3) is 1.00. The van der Waals surface area contributed by atoms with E-state index < -0.39 is 6.29 Å². The summed E-state index contributed by atoms with van der Waals surface area (Å²) in [4.78, 5) is 0. The molecule has 3 heteroatoms. The molecule has 0 aromatic rings. The molecule has 1 aliphatic heterocycles. The van der Waals surface area contributed by atoms with E-state index in [4.69, 9.17) is 4.74 Å². The van der Waals surface area contributed by atoms with E-state index in [-0.39, 0.29) is 17.2 Å².